The predicted octanol–water partition coefficient (Wildman–Crippen LogP) is 4.51. The number of hydrogen-bond acceptors (Lipinski definition) is 1. The highest BCUT2D eigenvalue weighted by molar-refractivity contribution is 9.10. The van der Waals surface area contributed by atoms with Crippen LogP contribution in [-0.4, -0.2) is 9.55 Å². The first-order valence-corrected chi connectivity index (χ1v) is 6.66. The van der Waals surface area contributed by atoms with Crippen molar-refractivity contribution < 1.29 is 0 Å². The molecule has 0 saturated heterocycles. The van der Waals surface area contributed by atoms with E-state index in [9.17, 15) is 0 Å². The summed E-state index contributed by atoms with van der Waals surface area (Å²) in [4.78, 5) is 4.58. The quantitative estimate of drug-likeness (QED) is 0.763. The van der Waals surface area contributed by atoms with Gasteiger partial charge in [-0.05, 0) is 31.5 Å². The van der Waals surface area contributed by atoms with Crippen LogP contribution in [0.15, 0.2) is 22.7 Å². The van der Waals surface area contributed by atoms with Crippen LogP contribution in [0.3, 0.4) is 0 Å². The highest BCUT2D eigenvalue weighted by Crippen LogP contribution is 2.26. The number of hydrogen-bond donors (Lipinski definition) is 0. The zero-order valence-electron chi connectivity index (χ0n) is 9.37. The second-order valence-electron chi connectivity index (χ2n) is 3.87. The van der Waals surface area contributed by atoms with Crippen LogP contribution < -0.4 is 0 Å². The van der Waals surface area contributed by atoms with E-state index in [-0.39, 0.29) is 5.38 Å². The van der Waals surface area contributed by atoms with Crippen molar-refractivity contribution in [3.63, 3.8) is 0 Å². The number of alkyl halides is 1. The number of aryl methyl sites for hydroxylation is 1. The lowest BCUT2D eigenvalue weighted by molar-refractivity contribution is 0.654. The van der Waals surface area contributed by atoms with Gasteiger partial charge in [-0.15, -0.1) is 11.6 Å². The van der Waals surface area contributed by atoms with Crippen molar-refractivity contribution >= 4 is 38.6 Å². The molecule has 1 aromatic heterocycles. The van der Waals surface area contributed by atoms with E-state index in [1.165, 1.54) is 0 Å². The Morgan fingerprint density at radius 2 is 2.25 bits per heavy atom. The number of aromatic nitrogens is 2. The van der Waals surface area contributed by atoms with Crippen molar-refractivity contribution in [3.05, 3.63) is 28.5 Å². The van der Waals surface area contributed by atoms with Crippen LogP contribution >= 0.6 is 27.5 Å². The number of halogens is 2. The SMILES string of the molecule is CCCn1c(C(C)Cl)nc2ccc(Br)cc21. The normalized spacial score (nSPS) is 13.2. The topological polar surface area (TPSA) is 17.8 Å². The molecule has 1 atom stereocenters. The molecule has 0 N–H and O–H groups in total. The van der Waals surface area contributed by atoms with Crippen LogP contribution in [0.2, 0.25) is 0 Å². The van der Waals surface area contributed by atoms with E-state index in [0.29, 0.717) is 0 Å². The molecule has 0 fully saturated rings. The molecular formula is C12H14BrClN2. The van der Waals surface area contributed by atoms with E-state index in [1.54, 1.807) is 0 Å². The third kappa shape index (κ3) is 2.11. The van der Waals surface area contributed by atoms with Gasteiger partial charge in [-0.25, -0.2) is 4.98 Å². The van der Waals surface area contributed by atoms with Gasteiger partial charge in [-0.2, -0.15) is 0 Å². The monoisotopic (exact) mass is 300 g/mol. The highest BCUT2D eigenvalue weighted by atomic mass is 79.9. The first-order valence-electron chi connectivity index (χ1n) is 5.43. The summed E-state index contributed by atoms with van der Waals surface area (Å²) in [6.45, 7) is 5.08. The van der Waals surface area contributed by atoms with Crippen molar-refractivity contribution in [1.82, 2.24) is 9.55 Å². The maximum absolute atomic E-state index is 6.16. The third-order valence-corrected chi connectivity index (χ3v) is 3.23. The summed E-state index contributed by atoms with van der Waals surface area (Å²) in [5.41, 5.74) is 2.16. The molecule has 0 amide bonds. The van der Waals surface area contributed by atoms with E-state index in [0.717, 1.165) is 34.3 Å². The van der Waals surface area contributed by atoms with Gasteiger partial charge in [0, 0.05) is 11.0 Å². The predicted molar refractivity (Wildman–Crippen MR) is 72.0 cm³/mol. The molecule has 86 valence electrons. The Morgan fingerprint density at radius 3 is 2.88 bits per heavy atom. The molecule has 2 rings (SSSR count). The zero-order chi connectivity index (χ0) is 11.7. The first-order chi connectivity index (χ1) is 7.63. The zero-order valence-corrected chi connectivity index (χ0v) is 11.7. The lowest BCUT2D eigenvalue weighted by Crippen LogP contribution is -2.03. The number of fused-ring (bicyclic) bond motifs is 1. The van der Waals surface area contributed by atoms with Crippen molar-refractivity contribution in [2.75, 3.05) is 0 Å². The molecule has 0 spiro atoms. The van der Waals surface area contributed by atoms with E-state index >= 15 is 0 Å². The van der Waals surface area contributed by atoms with Gasteiger partial charge in [0.15, 0.2) is 0 Å². The summed E-state index contributed by atoms with van der Waals surface area (Å²) in [7, 11) is 0. The van der Waals surface area contributed by atoms with Crippen molar-refractivity contribution in [2.24, 2.45) is 0 Å². The Kier molecular flexibility index (Phi) is 3.55. The maximum atomic E-state index is 6.16. The fourth-order valence-electron chi connectivity index (χ4n) is 1.88. The third-order valence-electron chi connectivity index (χ3n) is 2.54. The highest BCUT2D eigenvalue weighted by Gasteiger charge is 2.14. The molecule has 0 radical (unpaired) electrons. The number of nitrogens with zero attached hydrogens (tertiary/aromatic N) is 2. The Labute approximate surface area is 109 Å². The molecule has 1 unspecified atom stereocenters. The lowest BCUT2D eigenvalue weighted by atomic mass is 10.3. The molecule has 16 heavy (non-hydrogen) atoms. The smallest absolute Gasteiger partial charge is 0.127 e. The van der Waals surface area contributed by atoms with Gasteiger partial charge < -0.3 is 4.57 Å². The average Bonchev–Trinajstić information content (AvgIpc) is 2.58. The maximum Gasteiger partial charge on any atom is 0.127 e. The van der Waals surface area contributed by atoms with Crippen molar-refractivity contribution in [2.45, 2.75) is 32.2 Å². The van der Waals surface area contributed by atoms with Gasteiger partial charge in [0.05, 0.1) is 16.4 Å². The van der Waals surface area contributed by atoms with Gasteiger partial charge in [-0.3, -0.25) is 0 Å². The fraction of sp³-hybridized carbons (Fsp3) is 0.417. The van der Waals surface area contributed by atoms with Crippen LogP contribution in [-0.2, 0) is 6.54 Å². The van der Waals surface area contributed by atoms with Crippen molar-refractivity contribution in [1.29, 1.82) is 0 Å². The fourth-order valence-corrected chi connectivity index (χ4v) is 2.39. The Morgan fingerprint density at radius 1 is 1.50 bits per heavy atom. The molecule has 0 saturated carbocycles. The minimum Gasteiger partial charge on any atom is -0.327 e. The summed E-state index contributed by atoms with van der Waals surface area (Å²) in [5, 5.41) is -0.0577. The standard InChI is InChI=1S/C12H14BrClN2/c1-3-6-16-11-7-9(13)4-5-10(11)15-12(16)8(2)14/h4-5,7-8H,3,6H2,1-2H3. The Hall–Kier alpha value is -0.540. The van der Waals surface area contributed by atoms with Crippen LogP contribution in [0, 0.1) is 0 Å². The van der Waals surface area contributed by atoms with E-state index < -0.39 is 0 Å². The van der Waals surface area contributed by atoms with E-state index in [4.69, 9.17) is 11.6 Å². The summed E-state index contributed by atoms with van der Waals surface area (Å²) >= 11 is 9.65. The largest absolute Gasteiger partial charge is 0.327 e. The van der Waals surface area contributed by atoms with Gasteiger partial charge >= 0.3 is 0 Å². The van der Waals surface area contributed by atoms with Crippen LogP contribution in [0.5, 0.6) is 0 Å². The van der Waals surface area contributed by atoms with E-state index in [1.807, 2.05) is 19.1 Å². The van der Waals surface area contributed by atoms with Gasteiger partial charge in [-0.1, -0.05) is 22.9 Å². The molecule has 0 aliphatic rings. The number of imidazole rings is 1. The minimum absolute atomic E-state index is 0.0577. The second-order valence-corrected chi connectivity index (χ2v) is 5.44. The number of rotatable bonds is 3. The Bertz CT molecular complexity index is 505. The van der Waals surface area contributed by atoms with E-state index in [2.05, 4.69) is 38.5 Å². The number of benzene rings is 1. The van der Waals surface area contributed by atoms with Gasteiger partial charge in [0.25, 0.3) is 0 Å². The summed E-state index contributed by atoms with van der Waals surface area (Å²) in [6, 6.07) is 6.13. The summed E-state index contributed by atoms with van der Waals surface area (Å²) in [5.74, 6) is 0.955. The molecule has 1 aromatic carbocycles. The molecule has 1 heterocycles. The molecule has 4 heteroatoms. The van der Waals surface area contributed by atoms with Crippen LogP contribution in [0.1, 0.15) is 31.5 Å². The molecule has 2 aromatic rings. The molecule has 0 aliphatic carbocycles. The van der Waals surface area contributed by atoms with Gasteiger partial charge in [0.2, 0.25) is 0 Å². The molecule has 2 nitrogen and oxygen atoms in total. The van der Waals surface area contributed by atoms with Crippen LogP contribution in [0.25, 0.3) is 11.0 Å². The molecule has 0 aliphatic heterocycles. The second kappa shape index (κ2) is 4.76. The van der Waals surface area contributed by atoms with Gasteiger partial charge in [0.1, 0.15) is 5.82 Å². The molecular weight excluding hydrogens is 288 g/mol. The summed E-state index contributed by atoms with van der Waals surface area (Å²) < 4.78 is 3.28. The summed E-state index contributed by atoms with van der Waals surface area (Å²) in [6.07, 6.45) is 1.08. The van der Waals surface area contributed by atoms with Crippen LogP contribution in [0.4, 0.5) is 0 Å². The molecule has 0 bridgehead atoms. The first kappa shape index (κ1) is 11.9. The van der Waals surface area contributed by atoms with Crippen molar-refractivity contribution in [3.8, 4) is 0 Å². The minimum atomic E-state index is -0.0577. The average molecular weight is 302 g/mol. The lowest BCUT2D eigenvalue weighted by Gasteiger charge is -2.08. The Balaban J connectivity index is 2.67.